The highest BCUT2D eigenvalue weighted by atomic mass is 32.2. The minimum absolute atomic E-state index is 0.215. The molecule has 0 saturated heterocycles. The number of H-pyrrole nitrogens is 1. The molecule has 6 nitrogen and oxygen atoms in total. The van der Waals surface area contributed by atoms with Gasteiger partial charge in [-0.25, -0.2) is 13.4 Å². The van der Waals surface area contributed by atoms with E-state index < -0.39 is 10.0 Å². The third-order valence-corrected chi connectivity index (χ3v) is 5.95. The summed E-state index contributed by atoms with van der Waals surface area (Å²) in [7, 11) is 0.276. The summed E-state index contributed by atoms with van der Waals surface area (Å²) >= 11 is 0. The predicted octanol–water partition coefficient (Wildman–Crippen LogP) is 4.10. The fraction of sp³-hybridized carbons (Fsp3) is 0.0952. The predicted molar refractivity (Wildman–Crippen MR) is 113 cm³/mol. The van der Waals surface area contributed by atoms with Crippen molar-refractivity contribution in [3.05, 3.63) is 73.1 Å². The van der Waals surface area contributed by atoms with Crippen molar-refractivity contribution in [2.24, 2.45) is 0 Å². The molecule has 2 N–H and O–H groups in total. The van der Waals surface area contributed by atoms with Crippen molar-refractivity contribution in [2.45, 2.75) is 4.90 Å². The van der Waals surface area contributed by atoms with E-state index in [1.54, 1.807) is 42.6 Å². The Balaban J connectivity index is 1.79. The molecule has 2 aromatic carbocycles. The lowest BCUT2D eigenvalue weighted by Crippen LogP contribution is -2.13. The Hall–Kier alpha value is -3.32. The molecule has 0 atom stereocenters. The van der Waals surface area contributed by atoms with Gasteiger partial charge in [0.05, 0.1) is 16.0 Å². The zero-order valence-corrected chi connectivity index (χ0v) is 16.4. The summed E-state index contributed by atoms with van der Waals surface area (Å²) in [5.74, 6) is 0. The third kappa shape index (κ3) is 3.32. The van der Waals surface area contributed by atoms with Crippen LogP contribution in [0, 0.1) is 0 Å². The fourth-order valence-electron chi connectivity index (χ4n) is 3.11. The molecule has 0 aliphatic heterocycles. The summed E-state index contributed by atoms with van der Waals surface area (Å²) in [5.41, 5.74) is 4.07. The van der Waals surface area contributed by atoms with Gasteiger partial charge in [-0.3, -0.25) is 4.72 Å². The van der Waals surface area contributed by atoms with E-state index in [1.807, 2.05) is 49.5 Å². The second-order valence-corrected chi connectivity index (χ2v) is 8.33. The maximum atomic E-state index is 12.8. The lowest BCUT2D eigenvalue weighted by Gasteiger charge is -2.13. The molecule has 0 fully saturated rings. The minimum atomic E-state index is -3.70. The standard InChI is InChI=1S/C21H20N4O2S/c1-25(2)16-10-8-15(9-11-16)18-14-23-21-20(18)19(12-13-22-21)24-28(26,27)17-6-4-3-5-7-17/h3-14H,1-2H3,(H2,22,23,24). The van der Waals surface area contributed by atoms with E-state index in [9.17, 15) is 8.42 Å². The largest absolute Gasteiger partial charge is 0.378 e. The molecule has 2 heterocycles. The van der Waals surface area contributed by atoms with Gasteiger partial charge in [-0.15, -0.1) is 0 Å². The summed E-state index contributed by atoms with van der Waals surface area (Å²) in [5, 5.41) is 0.736. The summed E-state index contributed by atoms with van der Waals surface area (Å²) in [6.07, 6.45) is 3.43. The van der Waals surface area contributed by atoms with Crippen molar-refractivity contribution < 1.29 is 8.42 Å². The third-order valence-electron chi connectivity index (χ3n) is 4.57. The van der Waals surface area contributed by atoms with E-state index in [-0.39, 0.29) is 4.90 Å². The Morgan fingerprint density at radius 2 is 1.68 bits per heavy atom. The number of fused-ring (bicyclic) bond motifs is 1. The number of rotatable bonds is 5. The molecule has 4 rings (SSSR count). The number of aromatic amines is 1. The number of pyridine rings is 1. The average Bonchev–Trinajstić information content (AvgIpc) is 3.14. The summed E-state index contributed by atoms with van der Waals surface area (Å²) in [6, 6.07) is 18.1. The zero-order chi connectivity index (χ0) is 19.7. The second-order valence-electron chi connectivity index (χ2n) is 6.64. The minimum Gasteiger partial charge on any atom is -0.378 e. The summed E-state index contributed by atoms with van der Waals surface area (Å²) in [6.45, 7) is 0. The van der Waals surface area contributed by atoms with Gasteiger partial charge in [-0.05, 0) is 35.9 Å². The van der Waals surface area contributed by atoms with Crippen LogP contribution in [0.4, 0.5) is 11.4 Å². The van der Waals surface area contributed by atoms with E-state index in [1.165, 1.54) is 0 Å². The molecule has 4 aromatic rings. The molecule has 7 heteroatoms. The van der Waals surface area contributed by atoms with Gasteiger partial charge >= 0.3 is 0 Å². The first-order valence-electron chi connectivity index (χ1n) is 8.77. The topological polar surface area (TPSA) is 78.1 Å². The number of anilines is 2. The molecular weight excluding hydrogens is 372 g/mol. The molecule has 0 aliphatic rings. The number of sulfonamides is 1. The Kier molecular flexibility index (Phi) is 4.52. The van der Waals surface area contributed by atoms with Crippen LogP contribution in [-0.2, 0) is 10.0 Å². The van der Waals surface area contributed by atoms with Crippen LogP contribution in [0.2, 0.25) is 0 Å². The SMILES string of the molecule is CN(C)c1ccc(-c2c[nH]c3nccc(NS(=O)(=O)c4ccccc4)c23)cc1. The highest BCUT2D eigenvalue weighted by molar-refractivity contribution is 7.92. The van der Waals surface area contributed by atoms with Crippen molar-refractivity contribution >= 4 is 32.4 Å². The van der Waals surface area contributed by atoms with Crippen LogP contribution in [0.3, 0.4) is 0 Å². The van der Waals surface area contributed by atoms with E-state index >= 15 is 0 Å². The highest BCUT2D eigenvalue weighted by Gasteiger charge is 2.18. The van der Waals surface area contributed by atoms with Crippen LogP contribution in [0.25, 0.3) is 22.2 Å². The van der Waals surface area contributed by atoms with Crippen molar-refractivity contribution in [3.8, 4) is 11.1 Å². The Labute approximate surface area is 163 Å². The molecule has 2 aromatic heterocycles. The normalized spacial score (nSPS) is 11.5. The van der Waals surface area contributed by atoms with E-state index in [2.05, 4.69) is 14.7 Å². The van der Waals surface area contributed by atoms with E-state index in [0.717, 1.165) is 22.2 Å². The first-order valence-corrected chi connectivity index (χ1v) is 10.3. The fourth-order valence-corrected chi connectivity index (χ4v) is 4.20. The second kappa shape index (κ2) is 7.01. The number of aromatic nitrogens is 2. The van der Waals surface area contributed by atoms with Crippen molar-refractivity contribution in [1.82, 2.24) is 9.97 Å². The van der Waals surface area contributed by atoms with Crippen LogP contribution >= 0.6 is 0 Å². The van der Waals surface area contributed by atoms with Gasteiger partial charge in [0, 0.05) is 37.7 Å². The first kappa shape index (κ1) is 18.1. The maximum Gasteiger partial charge on any atom is 0.261 e. The number of nitrogens with zero attached hydrogens (tertiary/aromatic N) is 2. The van der Waals surface area contributed by atoms with Crippen LogP contribution in [0.5, 0.6) is 0 Å². The van der Waals surface area contributed by atoms with E-state index in [0.29, 0.717) is 11.3 Å². The monoisotopic (exact) mass is 392 g/mol. The lowest BCUT2D eigenvalue weighted by atomic mass is 10.0. The molecule has 0 radical (unpaired) electrons. The number of benzene rings is 2. The smallest absolute Gasteiger partial charge is 0.261 e. The van der Waals surface area contributed by atoms with Gasteiger partial charge in [0.2, 0.25) is 0 Å². The van der Waals surface area contributed by atoms with Crippen molar-refractivity contribution in [1.29, 1.82) is 0 Å². The van der Waals surface area contributed by atoms with Crippen LogP contribution in [0.1, 0.15) is 0 Å². The molecule has 28 heavy (non-hydrogen) atoms. The van der Waals surface area contributed by atoms with Crippen LogP contribution in [-0.4, -0.2) is 32.5 Å². The van der Waals surface area contributed by atoms with Gasteiger partial charge < -0.3 is 9.88 Å². The Morgan fingerprint density at radius 3 is 2.36 bits per heavy atom. The molecule has 0 aliphatic carbocycles. The zero-order valence-electron chi connectivity index (χ0n) is 15.5. The average molecular weight is 392 g/mol. The highest BCUT2D eigenvalue weighted by Crippen LogP contribution is 2.34. The Bertz CT molecular complexity index is 1210. The molecule has 142 valence electrons. The van der Waals surface area contributed by atoms with E-state index in [4.69, 9.17) is 0 Å². The molecule has 0 saturated carbocycles. The van der Waals surface area contributed by atoms with Gasteiger partial charge in [0.25, 0.3) is 10.0 Å². The molecule has 0 bridgehead atoms. The van der Waals surface area contributed by atoms with Gasteiger partial charge in [0.1, 0.15) is 5.65 Å². The first-order chi connectivity index (χ1) is 13.5. The number of hydrogen-bond donors (Lipinski definition) is 2. The molecule has 0 spiro atoms. The number of hydrogen-bond acceptors (Lipinski definition) is 4. The summed E-state index contributed by atoms with van der Waals surface area (Å²) < 4.78 is 28.3. The van der Waals surface area contributed by atoms with Crippen LogP contribution < -0.4 is 9.62 Å². The molecule has 0 unspecified atom stereocenters. The quantitative estimate of drug-likeness (QED) is 0.536. The van der Waals surface area contributed by atoms with Gasteiger partial charge in [0.15, 0.2) is 0 Å². The molecular formula is C21H20N4O2S. The Morgan fingerprint density at radius 1 is 0.964 bits per heavy atom. The number of nitrogens with one attached hydrogen (secondary N) is 2. The van der Waals surface area contributed by atoms with Crippen molar-refractivity contribution in [2.75, 3.05) is 23.7 Å². The van der Waals surface area contributed by atoms with Crippen LogP contribution in [0.15, 0.2) is 78.0 Å². The lowest BCUT2D eigenvalue weighted by molar-refractivity contribution is 0.601. The van der Waals surface area contributed by atoms with Crippen molar-refractivity contribution in [3.63, 3.8) is 0 Å². The molecule has 0 amide bonds. The summed E-state index contributed by atoms with van der Waals surface area (Å²) in [4.78, 5) is 9.71. The van der Waals surface area contributed by atoms with Gasteiger partial charge in [-0.2, -0.15) is 0 Å². The van der Waals surface area contributed by atoms with Gasteiger partial charge in [-0.1, -0.05) is 30.3 Å². The maximum absolute atomic E-state index is 12.8.